The molecule has 0 aliphatic carbocycles. The van der Waals surface area contributed by atoms with Crippen LogP contribution in [0.25, 0.3) is 0 Å². The maximum Gasteiger partial charge on any atom is 0.254 e. The number of carbonyl (C=O) groups excluding carboxylic acids is 1. The minimum absolute atomic E-state index is 0.0551. The van der Waals surface area contributed by atoms with E-state index in [1.54, 1.807) is 32.3 Å². The van der Waals surface area contributed by atoms with Crippen molar-refractivity contribution in [3.63, 3.8) is 0 Å². The molecule has 5 heteroatoms. The average Bonchev–Trinajstić information content (AvgIpc) is 2.25. The highest BCUT2D eigenvalue weighted by molar-refractivity contribution is 7.99. The summed E-state index contributed by atoms with van der Waals surface area (Å²) in [5.41, 5.74) is 6.92. The summed E-state index contributed by atoms with van der Waals surface area (Å²) in [6.45, 7) is 0.0784. The van der Waals surface area contributed by atoms with Gasteiger partial charge in [-0.3, -0.25) is 4.79 Å². The summed E-state index contributed by atoms with van der Waals surface area (Å²) in [7, 11) is 3.42. The Morgan fingerprint density at radius 1 is 1.50 bits per heavy atom. The fraction of sp³-hybridized carbons (Fsp3) is 0.364. The molecule has 0 spiro atoms. The van der Waals surface area contributed by atoms with Crippen molar-refractivity contribution >= 4 is 23.4 Å². The van der Waals surface area contributed by atoms with Crippen LogP contribution >= 0.6 is 11.8 Å². The molecule has 0 heterocycles. The smallest absolute Gasteiger partial charge is 0.254 e. The van der Waals surface area contributed by atoms with Crippen LogP contribution < -0.4 is 5.73 Å². The van der Waals surface area contributed by atoms with Gasteiger partial charge in [0, 0.05) is 30.4 Å². The van der Waals surface area contributed by atoms with Gasteiger partial charge in [-0.05, 0) is 18.2 Å². The lowest BCUT2D eigenvalue weighted by atomic mass is 10.2. The number of hydrogen-bond donors (Lipinski definition) is 2. The molecule has 88 valence electrons. The normalized spacial score (nSPS) is 10.2. The van der Waals surface area contributed by atoms with Gasteiger partial charge in [0.15, 0.2) is 0 Å². The summed E-state index contributed by atoms with van der Waals surface area (Å²) in [5.74, 6) is 0.498. The number of anilines is 1. The number of hydrogen-bond acceptors (Lipinski definition) is 4. The van der Waals surface area contributed by atoms with Crippen LogP contribution in [0.4, 0.5) is 5.69 Å². The van der Waals surface area contributed by atoms with Gasteiger partial charge in [-0.2, -0.15) is 0 Å². The highest BCUT2D eigenvalue weighted by atomic mass is 32.2. The van der Waals surface area contributed by atoms with Gasteiger partial charge in [-0.1, -0.05) is 0 Å². The molecule has 1 aromatic carbocycles. The van der Waals surface area contributed by atoms with Crippen LogP contribution in [-0.4, -0.2) is 42.4 Å². The molecule has 0 aliphatic rings. The van der Waals surface area contributed by atoms with E-state index in [9.17, 15) is 4.79 Å². The van der Waals surface area contributed by atoms with Crippen molar-refractivity contribution in [2.45, 2.75) is 4.90 Å². The lowest BCUT2D eigenvalue weighted by Crippen LogP contribution is -2.22. The second-order valence-corrected chi connectivity index (χ2v) is 4.66. The van der Waals surface area contributed by atoms with Crippen LogP contribution in [0.1, 0.15) is 10.4 Å². The molecule has 0 atom stereocenters. The van der Waals surface area contributed by atoms with Crippen molar-refractivity contribution in [1.29, 1.82) is 0 Å². The third kappa shape index (κ3) is 3.15. The molecule has 0 aromatic heterocycles. The molecule has 3 N–H and O–H groups in total. The third-order valence-corrected chi connectivity index (χ3v) is 3.03. The molecule has 1 rings (SSSR count). The minimum Gasteiger partial charge on any atom is -0.399 e. The zero-order valence-corrected chi connectivity index (χ0v) is 10.3. The highest BCUT2D eigenvalue weighted by Crippen LogP contribution is 2.25. The summed E-state index contributed by atoms with van der Waals surface area (Å²) in [6, 6.07) is 5.19. The predicted octanol–water partition coefficient (Wildman–Crippen LogP) is 1.06. The Hall–Kier alpha value is -1.20. The lowest BCUT2D eigenvalue weighted by Gasteiger charge is -2.14. The van der Waals surface area contributed by atoms with E-state index in [0.717, 1.165) is 4.90 Å². The predicted molar refractivity (Wildman–Crippen MR) is 66.7 cm³/mol. The molecule has 0 bridgehead atoms. The van der Waals surface area contributed by atoms with E-state index in [1.807, 2.05) is 0 Å². The van der Waals surface area contributed by atoms with Crippen LogP contribution in [0.15, 0.2) is 23.1 Å². The van der Waals surface area contributed by atoms with E-state index in [0.29, 0.717) is 17.0 Å². The van der Waals surface area contributed by atoms with E-state index in [-0.39, 0.29) is 12.5 Å². The van der Waals surface area contributed by atoms with Crippen LogP contribution in [-0.2, 0) is 0 Å². The van der Waals surface area contributed by atoms with Crippen molar-refractivity contribution < 1.29 is 9.90 Å². The molecule has 0 fully saturated rings. The topological polar surface area (TPSA) is 66.6 Å². The zero-order chi connectivity index (χ0) is 12.1. The molecule has 0 aliphatic heterocycles. The van der Waals surface area contributed by atoms with Gasteiger partial charge >= 0.3 is 0 Å². The molecule has 0 radical (unpaired) electrons. The number of aliphatic hydroxyl groups excluding tert-OH is 1. The van der Waals surface area contributed by atoms with Gasteiger partial charge in [0.2, 0.25) is 0 Å². The Bertz CT molecular complexity index is 380. The maximum atomic E-state index is 11.8. The van der Waals surface area contributed by atoms with Crippen molar-refractivity contribution in [2.24, 2.45) is 0 Å². The van der Waals surface area contributed by atoms with Crippen LogP contribution in [0.3, 0.4) is 0 Å². The summed E-state index contributed by atoms with van der Waals surface area (Å²) in [4.78, 5) is 14.2. The van der Waals surface area contributed by atoms with Crippen LogP contribution in [0.5, 0.6) is 0 Å². The molecule has 4 nitrogen and oxygen atoms in total. The minimum atomic E-state index is -0.0551. The van der Waals surface area contributed by atoms with Gasteiger partial charge in [-0.25, -0.2) is 0 Å². The second-order valence-electron chi connectivity index (χ2n) is 3.53. The number of nitrogen functional groups attached to an aromatic ring is 1. The quantitative estimate of drug-likeness (QED) is 0.610. The number of nitrogens with zero attached hydrogens (tertiary/aromatic N) is 1. The SMILES string of the molecule is CN(C)C(=O)c1ccc(N)cc1SCCO. The highest BCUT2D eigenvalue weighted by Gasteiger charge is 2.13. The van der Waals surface area contributed by atoms with Crippen LogP contribution in [0, 0.1) is 0 Å². The molecule has 0 saturated heterocycles. The van der Waals surface area contributed by atoms with E-state index in [4.69, 9.17) is 10.8 Å². The Morgan fingerprint density at radius 3 is 2.75 bits per heavy atom. The number of rotatable bonds is 4. The third-order valence-electron chi connectivity index (χ3n) is 1.99. The fourth-order valence-corrected chi connectivity index (χ4v) is 2.07. The Kier molecular flexibility index (Phi) is 4.64. The first-order valence-electron chi connectivity index (χ1n) is 4.91. The second kappa shape index (κ2) is 5.77. The zero-order valence-electron chi connectivity index (χ0n) is 9.43. The number of amides is 1. The van der Waals surface area contributed by atoms with Crippen molar-refractivity contribution in [3.05, 3.63) is 23.8 Å². The van der Waals surface area contributed by atoms with E-state index < -0.39 is 0 Å². The average molecular weight is 240 g/mol. The standard InChI is InChI=1S/C11H16N2O2S/c1-13(2)11(15)9-4-3-8(12)7-10(9)16-6-5-14/h3-4,7,14H,5-6,12H2,1-2H3. The summed E-state index contributed by atoms with van der Waals surface area (Å²) in [6.07, 6.45) is 0. The van der Waals surface area contributed by atoms with Gasteiger partial charge in [0.25, 0.3) is 5.91 Å². The van der Waals surface area contributed by atoms with Crippen molar-refractivity contribution in [1.82, 2.24) is 4.90 Å². The Balaban J connectivity index is 3.02. The molecular formula is C11H16N2O2S. The molecule has 1 amide bonds. The van der Waals surface area contributed by atoms with Gasteiger partial charge in [0.05, 0.1) is 12.2 Å². The van der Waals surface area contributed by atoms with Gasteiger partial charge in [-0.15, -0.1) is 11.8 Å². The molecule has 0 saturated carbocycles. The summed E-state index contributed by atoms with van der Waals surface area (Å²) in [5, 5.41) is 8.79. The van der Waals surface area contributed by atoms with E-state index in [2.05, 4.69) is 0 Å². The first-order valence-corrected chi connectivity index (χ1v) is 5.89. The van der Waals surface area contributed by atoms with Crippen LogP contribution in [0.2, 0.25) is 0 Å². The number of aliphatic hydroxyl groups is 1. The fourth-order valence-electron chi connectivity index (χ4n) is 1.23. The van der Waals surface area contributed by atoms with Crippen molar-refractivity contribution in [2.75, 3.05) is 32.2 Å². The Labute approximate surface area is 99.4 Å². The maximum absolute atomic E-state index is 11.8. The van der Waals surface area contributed by atoms with Crippen molar-refractivity contribution in [3.8, 4) is 0 Å². The molecular weight excluding hydrogens is 224 g/mol. The first-order chi connectivity index (χ1) is 7.56. The van der Waals surface area contributed by atoms with E-state index >= 15 is 0 Å². The monoisotopic (exact) mass is 240 g/mol. The summed E-state index contributed by atoms with van der Waals surface area (Å²) < 4.78 is 0. The molecule has 16 heavy (non-hydrogen) atoms. The molecule has 1 aromatic rings. The Morgan fingerprint density at radius 2 is 2.19 bits per heavy atom. The number of benzene rings is 1. The lowest BCUT2D eigenvalue weighted by molar-refractivity contribution is 0.0824. The number of carbonyl (C=O) groups is 1. The number of thioether (sulfide) groups is 1. The molecule has 0 unspecified atom stereocenters. The number of nitrogens with two attached hydrogens (primary N) is 1. The van der Waals surface area contributed by atoms with Gasteiger partial charge in [0.1, 0.15) is 0 Å². The van der Waals surface area contributed by atoms with E-state index in [1.165, 1.54) is 16.7 Å². The van der Waals surface area contributed by atoms with Gasteiger partial charge < -0.3 is 15.7 Å². The summed E-state index contributed by atoms with van der Waals surface area (Å²) >= 11 is 1.43. The largest absolute Gasteiger partial charge is 0.399 e. The first kappa shape index (κ1) is 12.9.